The monoisotopic (exact) mass is 608 g/mol. The van der Waals surface area contributed by atoms with E-state index in [2.05, 4.69) is 74.1 Å². The zero-order valence-electron chi connectivity index (χ0n) is 24.8. The van der Waals surface area contributed by atoms with E-state index in [9.17, 15) is 14.0 Å². The van der Waals surface area contributed by atoms with Gasteiger partial charge in [-0.2, -0.15) is 0 Å². The minimum Gasteiger partial charge on any atom is -0.436 e. The van der Waals surface area contributed by atoms with E-state index in [-0.39, 0.29) is 40.5 Å². The van der Waals surface area contributed by atoms with Gasteiger partial charge in [0, 0.05) is 64.0 Å². The van der Waals surface area contributed by atoms with Crippen molar-refractivity contribution >= 4 is 40.8 Å². The first kappa shape index (κ1) is 31.7. The number of rotatable bonds is 8. The summed E-state index contributed by atoms with van der Waals surface area (Å²) in [4.78, 5) is 38.2. The van der Waals surface area contributed by atoms with E-state index in [4.69, 9.17) is 17.0 Å². The lowest BCUT2D eigenvalue weighted by Gasteiger charge is -2.37. The van der Waals surface area contributed by atoms with Crippen LogP contribution in [-0.4, -0.2) is 95.1 Å². The molecule has 0 saturated carbocycles. The summed E-state index contributed by atoms with van der Waals surface area (Å²) in [5, 5.41) is 7.92. The topological polar surface area (TPSA) is 115 Å². The van der Waals surface area contributed by atoms with Crippen LogP contribution in [-0.2, 0) is 4.79 Å². The van der Waals surface area contributed by atoms with Crippen LogP contribution in [0.15, 0.2) is 54.9 Å². The zero-order valence-corrected chi connectivity index (χ0v) is 25.6. The Labute approximate surface area is 256 Å². The van der Waals surface area contributed by atoms with Gasteiger partial charge in [-0.3, -0.25) is 10.1 Å². The Morgan fingerprint density at radius 3 is 2.35 bits per heavy atom. The Kier molecular flexibility index (Phi) is 10.9. The molecule has 2 aromatic rings. The standard InChI is InChI=1S/C24H33FN8O3S.C6H4/c1-16(34)28-23(37)29-17-5-6-20(19(25)13-17)36-22-14-21(26-15-27-22)30-24(35)32(4)18-7-9-33(10-8-18)12-11-31(2)3;1-2-5-4-6(5)3-1/h5-6,13-15,18H,7-12H2,1-4H3,(H,26,27,30,35)(H2,28,29,34,37);1-4H. The molecule has 13 heteroatoms. The number of nitrogens with one attached hydrogen (secondary N) is 3. The van der Waals surface area contributed by atoms with E-state index in [1.807, 2.05) is 0 Å². The van der Waals surface area contributed by atoms with Crippen molar-refractivity contribution in [2.75, 3.05) is 58.0 Å². The number of nitrogens with zero attached hydrogens (tertiary/aromatic N) is 5. The number of fused-ring (bicyclic) bond motifs is 1. The van der Waals surface area contributed by atoms with Crippen LogP contribution in [0.1, 0.15) is 19.8 Å². The number of benzene rings is 2. The maximum absolute atomic E-state index is 14.6. The molecular formula is C30H37FN8O3S. The highest BCUT2D eigenvalue weighted by atomic mass is 32.1. The average molecular weight is 609 g/mol. The molecule has 1 saturated heterocycles. The van der Waals surface area contributed by atoms with E-state index >= 15 is 0 Å². The van der Waals surface area contributed by atoms with E-state index in [1.54, 1.807) is 11.9 Å². The van der Waals surface area contributed by atoms with Crippen molar-refractivity contribution in [2.24, 2.45) is 0 Å². The first-order valence-electron chi connectivity index (χ1n) is 14.0. The average Bonchev–Trinajstić information content (AvgIpc) is 3.56. The Bertz CT molecular complexity index is 1430. The van der Waals surface area contributed by atoms with Gasteiger partial charge in [-0.15, -0.1) is 0 Å². The van der Waals surface area contributed by atoms with Crippen LogP contribution in [0.25, 0.3) is 11.1 Å². The lowest BCUT2D eigenvalue weighted by molar-refractivity contribution is -0.117. The van der Waals surface area contributed by atoms with Crippen LogP contribution in [0.4, 0.5) is 20.7 Å². The minimum atomic E-state index is -0.670. The van der Waals surface area contributed by atoms with E-state index < -0.39 is 5.82 Å². The molecule has 1 aromatic carbocycles. The molecule has 0 spiro atoms. The number of piperidine rings is 1. The Morgan fingerprint density at radius 1 is 1.05 bits per heavy atom. The lowest BCUT2D eigenvalue weighted by atomic mass is 10.0. The van der Waals surface area contributed by atoms with Crippen molar-refractivity contribution in [3.05, 3.63) is 60.7 Å². The molecule has 0 atom stereocenters. The number of urea groups is 1. The third-order valence-electron chi connectivity index (χ3n) is 6.97. The number of thiocarbonyl (C=S) groups is 1. The van der Waals surface area contributed by atoms with Crippen molar-refractivity contribution in [2.45, 2.75) is 25.8 Å². The van der Waals surface area contributed by atoms with Crippen LogP contribution in [0.3, 0.4) is 0 Å². The van der Waals surface area contributed by atoms with Crippen LogP contribution < -0.4 is 20.7 Å². The second-order valence-electron chi connectivity index (χ2n) is 10.6. The van der Waals surface area contributed by atoms with Crippen molar-refractivity contribution < 1.29 is 18.7 Å². The Hall–Kier alpha value is -4.20. The zero-order chi connectivity index (χ0) is 30.9. The molecule has 0 bridgehead atoms. The van der Waals surface area contributed by atoms with Crippen molar-refractivity contribution in [1.82, 2.24) is 30.0 Å². The number of aromatic nitrogens is 2. The molecule has 2 heterocycles. The molecule has 1 aliphatic heterocycles. The lowest BCUT2D eigenvalue weighted by Crippen LogP contribution is -2.48. The normalized spacial score (nSPS) is 13.8. The highest BCUT2D eigenvalue weighted by molar-refractivity contribution is 7.80. The second-order valence-corrected chi connectivity index (χ2v) is 11.0. The minimum absolute atomic E-state index is 0.0524. The predicted octanol–water partition coefficient (Wildman–Crippen LogP) is 4.40. The number of hydrogen-bond donors (Lipinski definition) is 3. The van der Waals surface area contributed by atoms with Gasteiger partial charge in [-0.1, -0.05) is 18.2 Å². The highest BCUT2D eigenvalue weighted by Gasteiger charge is 2.25. The van der Waals surface area contributed by atoms with Crippen LogP contribution in [0.2, 0.25) is 0 Å². The number of halogens is 1. The molecule has 3 N–H and O–H groups in total. The fourth-order valence-corrected chi connectivity index (χ4v) is 4.73. The molecule has 0 unspecified atom stereocenters. The number of ether oxygens (including phenoxy) is 1. The number of amides is 3. The van der Waals surface area contributed by atoms with Crippen LogP contribution >= 0.6 is 12.2 Å². The first-order valence-corrected chi connectivity index (χ1v) is 14.4. The van der Waals surface area contributed by atoms with Gasteiger partial charge in [0.2, 0.25) is 11.8 Å². The maximum atomic E-state index is 14.6. The summed E-state index contributed by atoms with van der Waals surface area (Å²) in [6.45, 7) is 5.24. The molecule has 3 aliphatic rings. The number of likely N-dealkylation sites (N-methyl/N-ethyl adjacent to an activating group) is 1. The number of carbonyl (C=O) groups excluding carboxylic acids is 2. The van der Waals surface area contributed by atoms with Gasteiger partial charge in [0.15, 0.2) is 16.7 Å². The SMILES string of the molecule is CC(=O)NC(=S)Nc1ccc(Oc2cc(NC(=O)N(C)C3CCN(CCN(C)C)CC3)ncn2)c(F)c1.c1cc2cc-2c1. The highest BCUT2D eigenvalue weighted by Crippen LogP contribution is 2.32. The third-order valence-corrected chi connectivity index (χ3v) is 7.18. The molecule has 43 heavy (non-hydrogen) atoms. The first-order chi connectivity index (χ1) is 20.6. The largest absolute Gasteiger partial charge is 0.436 e. The molecule has 1 aromatic heterocycles. The molecule has 3 amide bonds. The Morgan fingerprint density at radius 2 is 1.77 bits per heavy atom. The van der Waals surface area contributed by atoms with Crippen molar-refractivity contribution in [3.63, 3.8) is 0 Å². The third kappa shape index (κ3) is 9.94. The fourth-order valence-electron chi connectivity index (χ4n) is 4.47. The molecule has 11 nitrogen and oxygen atoms in total. The van der Waals surface area contributed by atoms with E-state index in [0.29, 0.717) is 5.69 Å². The maximum Gasteiger partial charge on any atom is 0.323 e. The molecule has 1 fully saturated rings. The van der Waals surface area contributed by atoms with Crippen molar-refractivity contribution in [1.29, 1.82) is 0 Å². The molecule has 2 aliphatic carbocycles. The van der Waals surface area contributed by atoms with Gasteiger partial charge in [0.1, 0.15) is 12.1 Å². The summed E-state index contributed by atoms with van der Waals surface area (Å²) in [5.74, 6) is -0.779. The number of likely N-dealkylation sites (tertiary alicyclic amines) is 1. The summed E-state index contributed by atoms with van der Waals surface area (Å²) >= 11 is 4.97. The summed E-state index contributed by atoms with van der Waals surface area (Å²) in [5.41, 5.74) is 3.19. The molecule has 228 valence electrons. The summed E-state index contributed by atoms with van der Waals surface area (Å²) < 4.78 is 20.1. The molecule has 0 radical (unpaired) electrons. The predicted molar refractivity (Wildman–Crippen MR) is 169 cm³/mol. The number of carbonyl (C=O) groups is 2. The van der Waals surface area contributed by atoms with E-state index in [0.717, 1.165) is 39.0 Å². The quantitative estimate of drug-likeness (QED) is 0.251. The molecule has 5 rings (SSSR count). The summed E-state index contributed by atoms with van der Waals surface area (Å²) in [6, 6.07) is 13.9. The van der Waals surface area contributed by atoms with Gasteiger partial charge in [0.05, 0.1) is 0 Å². The summed E-state index contributed by atoms with van der Waals surface area (Å²) in [7, 11) is 5.90. The Balaban J connectivity index is 0.000000615. The van der Waals surface area contributed by atoms with Crippen LogP contribution in [0.5, 0.6) is 11.6 Å². The van der Waals surface area contributed by atoms with Gasteiger partial charge in [-0.25, -0.2) is 19.2 Å². The van der Waals surface area contributed by atoms with E-state index in [1.165, 1.54) is 48.6 Å². The van der Waals surface area contributed by atoms with Gasteiger partial charge in [0.25, 0.3) is 0 Å². The second kappa shape index (κ2) is 14.8. The van der Waals surface area contributed by atoms with Crippen molar-refractivity contribution in [3.8, 4) is 22.8 Å². The van der Waals surface area contributed by atoms with Crippen LogP contribution in [0, 0.1) is 5.82 Å². The van der Waals surface area contributed by atoms with Gasteiger partial charge >= 0.3 is 6.03 Å². The number of anilines is 2. The fraction of sp³-hybridized carbons (Fsp3) is 0.367. The molecular weight excluding hydrogens is 571 g/mol. The van der Waals surface area contributed by atoms with Gasteiger partial charge < -0.3 is 30.1 Å². The van der Waals surface area contributed by atoms with Gasteiger partial charge in [-0.05, 0) is 68.5 Å². The smallest absolute Gasteiger partial charge is 0.323 e. The number of hydrogen-bond acceptors (Lipinski definition) is 8. The summed E-state index contributed by atoms with van der Waals surface area (Å²) in [6.07, 6.45) is 3.03.